The van der Waals surface area contributed by atoms with Crippen molar-refractivity contribution in [2.24, 2.45) is 0 Å². The monoisotopic (exact) mass is 262 g/mol. The Morgan fingerprint density at radius 1 is 1.61 bits per heavy atom. The number of hydrogen-bond acceptors (Lipinski definition) is 4. The van der Waals surface area contributed by atoms with Crippen LogP contribution < -0.4 is 0 Å². The van der Waals surface area contributed by atoms with Crippen molar-refractivity contribution >= 4 is 23.4 Å². The Kier molecular flexibility index (Phi) is 2.99. The zero-order chi connectivity index (χ0) is 12.5. The summed E-state index contributed by atoms with van der Waals surface area (Å²) in [6.07, 6.45) is 6.35. The summed E-state index contributed by atoms with van der Waals surface area (Å²) in [5.41, 5.74) is 2.27. The smallest absolute Gasteiger partial charge is 0.341 e. The van der Waals surface area contributed by atoms with Crippen molar-refractivity contribution in [2.45, 2.75) is 18.1 Å². The average Bonchev–Trinajstić information content (AvgIpc) is 3.04. The highest BCUT2D eigenvalue weighted by molar-refractivity contribution is 7.99. The number of aromatic nitrogens is 2. The molecule has 2 aromatic heterocycles. The number of imidazole rings is 1. The van der Waals surface area contributed by atoms with Crippen molar-refractivity contribution < 1.29 is 9.53 Å². The minimum absolute atomic E-state index is 0.336. The highest BCUT2D eigenvalue weighted by Gasteiger charge is 2.22. The molecule has 94 valence electrons. The van der Waals surface area contributed by atoms with E-state index < -0.39 is 0 Å². The first kappa shape index (κ1) is 11.6. The summed E-state index contributed by atoms with van der Waals surface area (Å²) in [5.74, 6) is 0.861. The van der Waals surface area contributed by atoms with Crippen LogP contribution in [0.2, 0.25) is 0 Å². The molecular formula is C13H14N2O2S. The van der Waals surface area contributed by atoms with E-state index >= 15 is 0 Å². The molecule has 0 saturated carbocycles. The van der Waals surface area contributed by atoms with Gasteiger partial charge in [0.05, 0.1) is 12.8 Å². The van der Waals surface area contributed by atoms with Crippen molar-refractivity contribution in [3.63, 3.8) is 0 Å². The van der Waals surface area contributed by atoms with Crippen molar-refractivity contribution in [2.75, 3.05) is 12.9 Å². The Balaban J connectivity index is 2.08. The second-order valence-corrected chi connectivity index (χ2v) is 5.62. The number of thioether (sulfide) groups is 1. The number of carbonyl (C=O) groups excluding carboxylic acids is 1. The first-order chi connectivity index (χ1) is 8.79. The summed E-state index contributed by atoms with van der Waals surface area (Å²) in [6, 6.07) is 3.59. The van der Waals surface area contributed by atoms with Gasteiger partial charge in [0.1, 0.15) is 5.56 Å². The third-order valence-electron chi connectivity index (χ3n) is 3.17. The van der Waals surface area contributed by atoms with Crippen LogP contribution in [0.25, 0.3) is 5.65 Å². The number of esters is 1. The van der Waals surface area contributed by atoms with Gasteiger partial charge in [0.25, 0.3) is 0 Å². The van der Waals surface area contributed by atoms with E-state index in [4.69, 9.17) is 4.74 Å². The molecule has 1 unspecified atom stereocenters. The molecule has 0 bridgehead atoms. The summed E-state index contributed by atoms with van der Waals surface area (Å²) < 4.78 is 6.68. The molecule has 2 aromatic rings. The molecule has 5 heteroatoms. The zero-order valence-corrected chi connectivity index (χ0v) is 10.9. The second kappa shape index (κ2) is 4.65. The maximum Gasteiger partial charge on any atom is 0.341 e. The minimum Gasteiger partial charge on any atom is -0.465 e. The van der Waals surface area contributed by atoms with Crippen LogP contribution in [0.1, 0.15) is 34.1 Å². The van der Waals surface area contributed by atoms with Gasteiger partial charge in [-0.25, -0.2) is 9.78 Å². The van der Waals surface area contributed by atoms with Crippen molar-refractivity contribution in [3.8, 4) is 0 Å². The number of hydrogen-bond donors (Lipinski definition) is 0. The van der Waals surface area contributed by atoms with Crippen LogP contribution in [0.15, 0.2) is 24.5 Å². The van der Waals surface area contributed by atoms with E-state index in [0.717, 1.165) is 5.69 Å². The Labute approximate surface area is 109 Å². The quantitative estimate of drug-likeness (QED) is 0.780. The Bertz CT molecular complexity index is 588. The molecule has 1 atom stereocenters. The summed E-state index contributed by atoms with van der Waals surface area (Å²) in [5, 5.41) is 0.468. The van der Waals surface area contributed by atoms with Crippen molar-refractivity contribution in [3.05, 3.63) is 35.8 Å². The van der Waals surface area contributed by atoms with Crippen LogP contribution in [-0.2, 0) is 4.74 Å². The van der Waals surface area contributed by atoms with E-state index in [1.54, 1.807) is 6.07 Å². The standard InChI is InChI=1S/C13H14N2O2S/c1-17-13(16)9-4-2-6-15-8-10(14-12(9)15)11-5-3-7-18-11/h2,4,6,8,11H,3,5,7H2,1H3. The fourth-order valence-electron chi connectivity index (χ4n) is 2.27. The maximum absolute atomic E-state index is 11.7. The molecule has 0 amide bonds. The molecule has 18 heavy (non-hydrogen) atoms. The van der Waals surface area contributed by atoms with Crippen LogP contribution in [-0.4, -0.2) is 28.2 Å². The van der Waals surface area contributed by atoms with E-state index in [9.17, 15) is 4.79 Å². The SMILES string of the molecule is COC(=O)c1cccn2cc(C3CCCS3)nc12. The highest BCUT2D eigenvalue weighted by atomic mass is 32.2. The number of ether oxygens (including phenoxy) is 1. The van der Waals surface area contributed by atoms with Crippen LogP contribution in [0, 0.1) is 0 Å². The molecule has 3 rings (SSSR count). The molecule has 1 aliphatic rings. The largest absolute Gasteiger partial charge is 0.465 e. The molecule has 1 fully saturated rings. The predicted molar refractivity (Wildman–Crippen MR) is 71.0 cm³/mol. The van der Waals surface area contributed by atoms with Gasteiger partial charge in [-0.05, 0) is 30.7 Å². The van der Waals surface area contributed by atoms with E-state index in [-0.39, 0.29) is 5.97 Å². The van der Waals surface area contributed by atoms with E-state index in [1.807, 2.05) is 34.6 Å². The van der Waals surface area contributed by atoms with E-state index in [1.165, 1.54) is 25.7 Å². The molecule has 0 radical (unpaired) electrons. The van der Waals surface area contributed by atoms with Crippen LogP contribution in [0.3, 0.4) is 0 Å². The molecule has 0 spiro atoms. The van der Waals surface area contributed by atoms with Gasteiger partial charge in [0, 0.05) is 17.6 Å². The lowest BCUT2D eigenvalue weighted by Gasteiger charge is -2.02. The van der Waals surface area contributed by atoms with Crippen LogP contribution in [0.5, 0.6) is 0 Å². The molecule has 0 aliphatic carbocycles. The molecule has 3 heterocycles. The van der Waals surface area contributed by atoms with Crippen LogP contribution >= 0.6 is 11.8 Å². The predicted octanol–water partition coefficient (Wildman–Crippen LogP) is 2.69. The number of methoxy groups -OCH3 is 1. The normalized spacial score (nSPS) is 19.3. The number of rotatable bonds is 2. The van der Waals surface area contributed by atoms with Gasteiger partial charge in [0.2, 0.25) is 0 Å². The van der Waals surface area contributed by atoms with Gasteiger partial charge in [-0.15, -0.1) is 0 Å². The van der Waals surface area contributed by atoms with E-state index in [2.05, 4.69) is 4.98 Å². The maximum atomic E-state index is 11.7. The molecule has 1 saturated heterocycles. The number of nitrogens with zero attached hydrogens (tertiary/aromatic N) is 2. The van der Waals surface area contributed by atoms with Crippen molar-refractivity contribution in [1.29, 1.82) is 0 Å². The highest BCUT2D eigenvalue weighted by Crippen LogP contribution is 2.39. The molecular weight excluding hydrogens is 248 g/mol. The zero-order valence-electron chi connectivity index (χ0n) is 10.1. The number of fused-ring (bicyclic) bond motifs is 1. The van der Waals surface area contributed by atoms with Gasteiger partial charge in [-0.1, -0.05) is 0 Å². The summed E-state index contributed by atoms with van der Waals surface area (Å²) in [7, 11) is 1.39. The summed E-state index contributed by atoms with van der Waals surface area (Å²) in [4.78, 5) is 16.3. The summed E-state index contributed by atoms with van der Waals surface area (Å²) >= 11 is 1.94. The lowest BCUT2D eigenvalue weighted by Crippen LogP contribution is -2.03. The van der Waals surface area contributed by atoms with Gasteiger partial charge in [0.15, 0.2) is 5.65 Å². The number of pyridine rings is 1. The minimum atomic E-state index is -0.336. The lowest BCUT2D eigenvalue weighted by molar-refractivity contribution is 0.0602. The second-order valence-electron chi connectivity index (χ2n) is 4.31. The van der Waals surface area contributed by atoms with Crippen LogP contribution in [0.4, 0.5) is 0 Å². The fraction of sp³-hybridized carbons (Fsp3) is 0.385. The van der Waals surface area contributed by atoms with Gasteiger partial charge >= 0.3 is 5.97 Å². The first-order valence-electron chi connectivity index (χ1n) is 5.97. The van der Waals surface area contributed by atoms with Gasteiger partial charge in [-0.3, -0.25) is 0 Å². The average molecular weight is 262 g/mol. The lowest BCUT2D eigenvalue weighted by atomic mass is 10.2. The topological polar surface area (TPSA) is 43.6 Å². The number of carbonyl (C=O) groups is 1. The third-order valence-corrected chi connectivity index (χ3v) is 4.57. The van der Waals surface area contributed by atoms with Gasteiger partial charge < -0.3 is 9.14 Å². The first-order valence-corrected chi connectivity index (χ1v) is 7.02. The Morgan fingerprint density at radius 3 is 3.22 bits per heavy atom. The third kappa shape index (κ3) is 1.88. The van der Waals surface area contributed by atoms with Gasteiger partial charge in [-0.2, -0.15) is 11.8 Å². The van der Waals surface area contributed by atoms with Crippen molar-refractivity contribution in [1.82, 2.24) is 9.38 Å². The molecule has 0 N–H and O–H groups in total. The summed E-state index contributed by atoms with van der Waals surface area (Å²) in [6.45, 7) is 0. The fourth-order valence-corrected chi connectivity index (χ4v) is 3.50. The Hall–Kier alpha value is -1.49. The Morgan fingerprint density at radius 2 is 2.50 bits per heavy atom. The molecule has 4 nitrogen and oxygen atoms in total. The molecule has 1 aliphatic heterocycles. The van der Waals surface area contributed by atoms with E-state index in [0.29, 0.717) is 16.5 Å². The molecule has 0 aromatic carbocycles.